The molecule has 26 heavy (non-hydrogen) atoms. The van der Waals surface area contributed by atoms with E-state index >= 15 is 0 Å². The minimum absolute atomic E-state index is 0.172. The van der Waals surface area contributed by atoms with Gasteiger partial charge in [0.15, 0.2) is 0 Å². The lowest BCUT2D eigenvalue weighted by molar-refractivity contribution is 0.0347. The Morgan fingerprint density at radius 3 is 1.92 bits per heavy atom. The first-order chi connectivity index (χ1) is 12.7. The number of rotatable bonds is 20. The molecule has 0 aromatic heterocycles. The van der Waals surface area contributed by atoms with Crippen molar-refractivity contribution in [1.29, 1.82) is 0 Å². The average Bonchev–Trinajstić information content (AvgIpc) is 2.66. The van der Waals surface area contributed by atoms with Gasteiger partial charge in [-0.25, -0.2) is 5.90 Å². The summed E-state index contributed by atoms with van der Waals surface area (Å²) in [5.74, 6) is 5.40. The van der Waals surface area contributed by atoms with Crippen molar-refractivity contribution in [2.75, 3.05) is 19.6 Å². The number of halogens is 1. The first kappa shape index (κ1) is 25.9. The predicted octanol–water partition coefficient (Wildman–Crippen LogP) is 6.80. The van der Waals surface area contributed by atoms with Gasteiger partial charge in [-0.05, 0) is 45.6 Å². The fourth-order valence-electron chi connectivity index (χ4n) is 3.15. The number of allylic oxidation sites excluding steroid dienone is 2. The third-order valence-electron chi connectivity index (χ3n) is 5.02. The number of hydrogen-bond donors (Lipinski definition) is 1. The first-order valence-electron chi connectivity index (χ1n) is 11.0. The van der Waals surface area contributed by atoms with Crippen molar-refractivity contribution in [3.8, 4) is 0 Å². The summed E-state index contributed by atoms with van der Waals surface area (Å²) in [5, 5.41) is 0. The second-order valence-corrected chi connectivity index (χ2v) is 7.86. The molecule has 4 heteroatoms. The molecule has 0 fully saturated rings. The lowest BCUT2D eigenvalue weighted by Crippen LogP contribution is -2.25. The van der Waals surface area contributed by atoms with Crippen LogP contribution < -0.4 is 5.90 Å². The van der Waals surface area contributed by atoms with Gasteiger partial charge in [-0.2, -0.15) is 0 Å². The molecule has 3 nitrogen and oxygen atoms in total. The highest BCUT2D eigenvalue weighted by atomic mass is 35.5. The van der Waals surface area contributed by atoms with Crippen molar-refractivity contribution in [1.82, 2.24) is 4.90 Å². The topological polar surface area (TPSA) is 38.5 Å². The first-order valence-corrected chi connectivity index (χ1v) is 11.5. The van der Waals surface area contributed by atoms with Crippen LogP contribution in [-0.4, -0.2) is 30.6 Å². The van der Waals surface area contributed by atoms with E-state index < -0.39 is 0 Å². The van der Waals surface area contributed by atoms with Gasteiger partial charge in [-0.15, -0.1) is 11.6 Å². The van der Waals surface area contributed by atoms with E-state index in [-0.39, 0.29) is 6.10 Å². The van der Waals surface area contributed by atoms with Gasteiger partial charge in [-0.3, -0.25) is 4.90 Å². The van der Waals surface area contributed by atoms with E-state index in [0.29, 0.717) is 6.00 Å². The highest BCUT2D eigenvalue weighted by Gasteiger charge is 2.09. The standard InChI is InChI=1S/C22H45ClN2O/c1-3-4-5-6-7-8-9-10-11-12-13-14-15-16-17-18-22(26-24)19-20-25(2)21-23/h10-11,22H,3-9,12-21,24H2,1-2H3/b11-10-. The van der Waals surface area contributed by atoms with Crippen LogP contribution in [0.5, 0.6) is 0 Å². The van der Waals surface area contributed by atoms with Gasteiger partial charge in [0.1, 0.15) is 0 Å². The SMILES string of the molecule is CCCCCCCC/C=C\CCCCCCCC(CCN(C)CCl)ON. The Kier molecular flexibility index (Phi) is 21.1. The monoisotopic (exact) mass is 388 g/mol. The molecule has 0 aromatic carbocycles. The Hall–Kier alpha value is -0.0900. The van der Waals surface area contributed by atoms with E-state index in [9.17, 15) is 0 Å². The molecule has 156 valence electrons. The van der Waals surface area contributed by atoms with Crippen LogP contribution in [0.2, 0.25) is 0 Å². The Morgan fingerprint density at radius 1 is 0.846 bits per heavy atom. The van der Waals surface area contributed by atoms with Gasteiger partial charge in [0, 0.05) is 6.54 Å². The van der Waals surface area contributed by atoms with Crippen LogP contribution in [0.1, 0.15) is 103 Å². The summed E-state index contributed by atoms with van der Waals surface area (Å²) in [5.41, 5.74) is 0. The molecule has 0 aromatic rings. The van der Waals surface area contributed by atoms with Crippen molar-refractivity contribution in [2.24, 2.45) is 5.90 Å². The van der Waals surface area contributed by atoms with Gasteiger partial charge in [-0.1, -0.05) is 76.9 Å². The molecular formula is C22H45ClN2O. The summed E-state index contributed by atoms with van der Waals surface area (Å²) in [6.07, 6.45) is 24.3. The summed E-state index contributed by atoms with van der Waals surface area (Å²) in [4.78, 5) is 7.16. The van der Waals surface area contributed by atoms with Gasteiger partial charge >= 0.3 is 0 Å². The third kappa shape index (κ3) is 18.7. The summed E-state index contributed by atoms with van der Waals surface area (Å²) >= 11 is 5.77. The quantitative estimate of drug-likeness (QED) is 0.0818. The van der Waals surface area contributed by atoms with Crippen LogP contribution in [0, 0.1) is 0 Å². The molecule has 0 bridgehead atoms. The van der Waals surface area contributed by atoms with Crippen LogP contribution in [0.4, 0.5) is 0 Å². The number of unbranched alkanes of at least 4 members (excludes halogenated alkanes) is 11. The molecule has 0 saturated heterocycles. The van der Waals surface area contributed by atoms with Crippen molar-refractivity contribution < 1.29 is 4.84 Å². The van der Waals surface area contributed by atoms with Crippen LogP contribution in [0.3, 0.4) is 0 Å². The van der Waals surface area contributed by atoms with Crippen molar-refractivity contribution in [3.63, 3.8) is 0 Å². The predicted molar refractivity (Wildman–Crippen MR) is 116 cm³/mol. The van der Waals surface area contributed by atoms with Crippen LogP contribution in [-0.2, 0) is 4.84 Å². The maximum atomic E-state index is 5.77. The van der Waals surface area contributed by atoms with Gasteiger partial charge in [0.05, 0.1) is 12.1 Å². The fraction of sp³-hybridized carbons (Fsp3) is 0.909. The van der Waals surface area contributed by atoms with Gasteiger partial charge in [0.25, 0.3) is 0 Å². The average molecular weight is 389 g/mol. The Labute approximate surface area is 168 Å². The molecule has 0 saturated carbocycles. The molecule has 1 unspecified atom stereocenters. The van der Waals surface area contributed by atoms with Crippen LogP contribution in [0.15, 0.2) is 12.2 Å². The fourth-order valence-corrected chi connectivity index (χ4v) is 3.27. The van der Waals surface area contributed by atoms with E-state index in [1.165, 1.54) is 83.5 Å². The van der Waals surface area contributed by atoms with Crippen molar-refractivity contribution >= 4 is 11.6 Å². The second-order valence-electron chi connectivity index (χ2n) is 7.62. The van der Waals surface area contributed by atoms with Crippen molar-refractivity contribution in [3.05, 3.63) is 12.2 Å². The van der Waals surface area contributed by atoms with Crippen LogP contribution >= 0.6 is 11.6 Å². The molecule has 0 aliphatic rings. The van der Waals surface area contributed by atoms with Gasteiger partial charge < -0.3 is 4.84 Å². The lowest BCUT2D eigenvalue weighted by Gasteiger charge is -2.18. The molecule has 0 spiro atoms. The molecule has 1 atom stereocenters. The molecule has 0 rings (SSSR count). The highest BCUT2D eigenvalue weighted by Crippen LogP contribution is 2.13. The second kappa shape index (κ2) is 21.2. The normalized spacial score (nSPS) is 13.1. The molecule has 0 aliphatic heterocycles. The number of nitrogens with zero attached hydrogens (tertiary/aromatic N) is 1. The van der Waals surface area contributed by atoms with Crippen molar-refractivity contribution in [2.45, 2.75) is 109 Å². The zero-order valence-electron chi connectivity index (χ0n) is 17.6. The number of hydrogen-bond acceptors (Lipinski definition) is 3. The maximum absolute atomic E-state index is 5.77. The lowest BCUT2D eigenvalue weighted by atomic mass is 10.0. The number of nitrogens with two attached hydrogens (primary N) is 1. The summed E-state index contributed by atoms with van der Waals surface area (Å²) in [7, 11) is 2.02. The van der Waals surface area contributed by atoms with Gasteiger partial charge in [0.2, 0.25) is 0 Å². The van der Waals surface area contributed by atoms with Crippen LogP contribution in [0.25, 0.3) is 0 Å². The number of alkyl halides is 1. The Balaban J connectivity index is 3.32. The molecule has 0 heterocycles. The molecular weight excluding hydrogens is 344 g/mol. The Bertz CT molecular complexity index is 300. The summed E-state index contributed by atoms with van der Waals surface area (Å²) < 4.78 is 0. The Morgan fingerprint density at radius 2 is 1.38 bits per heavy atom. The maximum Gasteiger partial charge on any atom is 0.0799 e. The largest absolute Gasteiger partial charge is 0.301 e. The molecule has 0 radical (unpaired) electrons. The van der Waals surface area contributed by atoms with E-state index in [2.05, 4.69) is 24.0 Å². The van der Waals surface area contributed by atoms with E-state index in [0.717, 1.165) is 19.4 Å². The summed E-state index contributed by atoms with van der Waals surface area (Å²) in [6, 6.07) is 0.560. The zero-order chi connectivity index (χ0) is 19.3. The van der Waals surface area contributed by atoms with E-state index in [4.69, 9.17) is 22.3 Å². The third-order valence-corrected chi connectivity index (χ3v) is 5.43. The molecule has 0 amide bonds. The minimum atomic E-state index is 0.172. The molecule has 2 N–H and O–H groups in total. The van der Waals surface area contributed by atoms with E-state index in [1.807, 2.05) is 7.05 Å². The van der Waals surface area contributed by atoms with E-state index in [1.54, 1.807) is 0 Å². The smallest absolute Gasteiger partial charge is 0.0799 e. The minimum Gasteiger partial charge on any atom is -0.301 e. The zero-order valence-corrected chi connectivity index (χ0v) is 18.3. The summed E-state index contributed by atoms with van der Waals surface area (Å²) in [6.45, 7) is 3.22. The highest BCUT2D eigenvalue weighted by molar-refractivity contribution is 6.17. The molecule has 0 aliphatic carbocycles.